The summed E-state index contributed by atoms with van der Waals surface area (Å²) in [7, 11) is 0. The van der Waals surface area contributed by atoms with Gasteiger partial charge >= 0.3 is 6.36 Å². The lowest BCUT2D eigenvalue weighted by molar-refractivity contribution is -0.274. The molecule has 1 aromatic carbocycles. The molecule has 0 saturated carbocycles. The van der Waals surface area contributed by atoms with E-state index >= 15 is 0 Å². The maximum atomic E-state index is 12.2. The summed E-state index contributed by atoms with van der Waals surface area (Å²) < 4.78 is 42.2. The number of halogens is 5. The normalized spacial score (nSPS) is 16.2. The van der Waals surface area contributed by atoms with E-state index in [9.17, 15) is 13.2 Å². The zero-order chi connectivity index (χ0) is 13.3. The van der Waals surface area contributed by atoms with E-state index in [-0.39, 0.29) is 5.75 Å². The molecule has 0 N–H and O–H groups in total. The molecule has 0 aliphatic carbocycles. The smallest absolute Gasteiger partial charge is 0.406 e. The standard InChI is InChI=1S/C11H10BrF3INO/c12-8-5-7(18-11(13,14)15)6-9(10(8)16)17-3-1-2-4-17/h5-6H,1-4H2. The molecule has 0 bridgehead atoms. The summed E-state index contributed by atoms with van der Waals surface area (Å²) >= 11 is 5.39. The van der Waals surface area contributed by atoms with Crippen molar-refractivity contribution >= 4 is 44.2 Å². The highest BCUT2D eigenvalue weighted by Crippen LogP contribution is 2.37. The van der Waals surface area contributed by atoms with Gasteiger partial charge in [-0.2, -0.15) is 0 Å². The van der Waals surface area contributed by atoms with Crippen LogP contribution in [0, 0.1) is 3.57 Å². The van der Waals surface area contributed by atoms with Gasteiger partial charge < -0.3 is 9.64 Å². The van der Waals surface area contributed by atoms with Crippen molar-refractivity contribution in [2.24, 2.45) is 0 Å². The zero-order valence-corrected chi connectivity index (χ0v) is 13.0. The third-order valence-corrected chi connectivity index (χ3v) is 5.16. The van der Waals surface area contributed by atoms with Crippen LogP contribution in [0.3, 0.4) is 0 Å². The van der Waals surface area contributed by atoms with Crippen LogP contribution in [0.15, 0.2) is 16.6 Å². The Hall–Kier alpha value is -0.180. The van der Waals surface area contributed by atoms with E-state index in [2.05, 4.69) is 48.2 Å². The van der Waals surface area contributed by atoms with Crippen LogP contribution in [0.4, 0.5) is 18.9 Å². The van der Waals surface area contributed by atoms with Gasteiger partial charge in [0.1, 0.15) is 5.75 Å². The molecule has 1 aromatic rings. The van der Waals surface area contributed by atoms with Crippen LogP contribution in [0.1, 0.15) is 12.8 Å². The van der Waals surface area contributed by atoms with Crippen LogP contribution in [0.2, 0.25) is 0 Å². The number of nitrogens with zero attached hydrogens (tertiary/aromatic N) is 1. The molecule has 0 aromatic heterocycles. The molecule has 2 nitrogen and oxygen atoms in total. The lowest BCUT2D eigenvalue weighted by Gasteiger charge is -2.21. The summed E-state index contributed by atoms with van der Waals surface area (Å²) in [5, 5.41) is 0. The number of alkyl halides is 3. The average molecular weight is 436 g/mol. The molecular formula is C11H10BrF3INO. The van der Waals surface area contributed by atoms with Crippen LogP contribution in [-0.2, 0) is 0 Å². The lowest BCUT2D eigenvalue weighted by atomic mass is 10.3. The monoisotopic (exact) mass is 435 g/mol. The Morgan fingerprint density at radius 1 is 1.22 bits per heavy atom. The second-order valence-electron chi connectivity index (χ2n) is 3.98. The summed E-state index contributed by atoms with van der Waals surface area (Å²) in [5.74, 6) is -0.184. The minimum absolute atomic E-state index is 0.184. The van der Waals surface area contributed by atoms with Crippen molar-refractivity contribution < 1.29 is 17.9 Å². The number of benzene rings is 1. The third-order valence-electron chi connectivity index (χ3n) is 2.66. The summed E-state index contributed by atoms with van der Waals surface area (Å²) in [6.45, 7) is 1.75. The maximum absolute atomic E-state index is 12.2. The van der Waals surface area contributed by atoms with Crippen molar-refractivity contribution in [2.75, 3.05) is 18.0 Å². The molecule has 1 aliphatic heterocycles. The Balaban J connectivity index is 2.33. The van der Waals surface area contributed by atoms with Crippen molar-refractivity contribution in [1.29, 1.82) is 0 Å². The molecule has 0 amide bonds. The zero-order valence-electron chi connectivity index (χ0n) is 9.23. The summed E-state index contributed by atoms with van der Waals surface area (Å²) in [6, 6.07) is 2.79. The van der Waals surface area contributed by atoms with E-state index in [1.54, 1.807) is 0 Å². The molecule has 0 radical (unpaired) electrons. The van der Waals surface area contributed by atoms with Gasteiger partial charge in [0.05, 0.1) is 9.26 Å². The van der Waals surface area contributed by atoms with E-state index in [1.165, 1.54) is 12.1 Å². The number of rotatable bonds is 2. The number of ether oxygens (including phenoxy) is 1. The van der Waals surface area contributed by atoms with Crippen LogP contribution in [0.5, 0.6) is 5.75 Å². The quantitative estimate of drug-likeness (QED) is 0.632. The van der Waals surface area contributed by atoms with Crippen molar-refractivity contribution in [1.82, 2.24) is 0 Å². The molecular weight excluding hydrogens is 426 g/mol. The molecule has 0 spiro atoms. The van der Waals surface area contributed by atoms with Crippen LogP contribution < -0.4 is 9.64 Å². The average Bonchev–Trinajstić information content (AvgIpc) is 2.74. The predicted octanol–water partition coefficient (Wildman–Crippen LogP) is 4.55. The Bertz CT molecular complexity index is 447. The van der Waals surface area contributed by atoms with Crippen molar-refractivity contribution in [3.63, 3.8) is 0 Å². The van der Waals surface area contributed by atoms with Gasteiger partial charge in [0, 0.05) is 23.6 Å². The Kier molecular flexibility index (Phi) is 4.30. The Labute approximate surface area is 125 Å². The van der Waals surface area contributed by atoms with E-state index in [1.807, 2.05) is 0 Å². The Morgan fingerprint density at radius 3 is 2.39 bits per heavy atom. The van der Waals surface area contributed by atoms with Gasteiger partial charge in [0.25, 0.3) is 0 Å². The van der Waals surface area contributed by atoms with Gasteiger partial charge in [-0.1, -0.05) is 0 Å². The van der Waals surface area contributed by atoms with Gasteiger partial charge in [0.2, 0.25) is 0 Å². The van der Waals surface area contributed by atoms with Crippen molar-refractivity contribution in [2.45, 2.75) is 19.2 Å². The van der Waals surface area contributed by atoms with Gasteiger partial charge in [-0.25, -0.2) is 0 Å². The van der Waals surface area contributed by atoms with E-state index in [0.29, 0.717) is 4.47 Å². The number of hydrogen-bond acceptors (Lipinski definition) is 2. The summed E-state index contributed by atoms with van der Waals surface area (Å²) in [6.07, 6.45) is -2.52. The highest BCUT2D eigenvalue weighted by atomic mass is 127. The van der Waals surface area contributed by atoms with Gasteiger partial charge in [0.15, 0.2) is 0 Å². The van der Waals surface area contributed by atoms with E-state index < -0.39 is 6.36 Å². The van der Waals surface area contributed by atoms with Crippen LogP contribution in [-0.4, -0.2) is 19.5 Å². The van der Waals surface area contributed by atoms with Gasteiger partial charge in [-0.15, -0.1) is 13.2 Å². The minimum atomic E-state index is -4.66. The molecule has 1 aliphatic rings. The molecule has 1 heterocycles. The van der Waals surface area contributed by atoms with Crippen molar-refractivity contribution in [3.05, 3.63) is 20.2 Å². The summed E-state index contributed by atoms with van der Waals surface area (Å²) in [4.78, 5) is 2.08. The predicted molar refractivity (Wildman–Crippen MR) is 75.0 cm³/mol. The molecule has 7 heteroatoms. The molecule has 0 unspecified atom stereocenters. The first-order valence-corrected chi connectivity index (χ1v) is 7.24. The summed E-state index contributed by atoms with van der Waals surface area (Å²) in [5.41, 5.74) is 0.793. The SMILES string of the molecule is FC(F)(F)Oc1cc(Br)c(I)c(N2CCCC2)c1. The molecule has 1 saturated heterocycles. The molecule has 0 atom stereocenters. The highest BCUT2D eigenvalue weighted by Gasteiger charge is 2.32. The highest BCUT2D eigenvalue weighted by molar-refractivity contribution is 14.1. The van der Waals surface area contributed by atoms with Gasteiger partial charge in [-0.3, -0.25) is 0 Å². The first kappa shape index (κ1) is 14.2. The van der Waals surface area contributed by atoms with E-state index in [4.69, 9.17) is 0 Å². The number of hydrogen-bond donors (Lipinski definition) is 0. The lowest BCUT2D eigenvalue weighted by Crippen LogP contribution is -2.20. The Morgan fingerprint density at radius 2 is 1.83 bits per heavy atom. The fourth-order valence-corrected chi connectivity index (χ4v) is 3.01. The third kappa shape index (κ3) is 3.43. The van der Waals surface area contributed by atoms with Crippen LogP contribution >= 0.6 is 38.5 Å². The fraction of sp³-hybridized carbons (Fsp3) is 0.455. The molecule has 1 fully saturated rings. The first-order valence-electron chi connectivity index (χ1n) is 5.36. The number of anilines is 1. The van der Waals surface area contributed by atoms with E-state index in [0.717, 1.165) is 35.2 Å². The second kappa shape index (κ2) is 5.44. The topological polar surface area (TPSA) is 12.5 Å². The van der Waals surface area contributed by atoms with Crippen LogP contribution in [0.25, 0.3) is 0 Å². The van der Waals surface area contributed by atoms with Gasteiger partial charge in [-0.05, 0) is 57.4 Å². The molecule has 100 valence electrons. The maximum Gasteiger partial charge on any atom is 0.573 e. The molecule has 18 heavy (non-hydrogen) atoms. The molecule has 2 rings (SSSR count). The largest absolute Gasteiger partial charge is 0.573 e. The van der Waals surface area contributed by atoms with Crippen molar-refractivity contribution in [3.8, 4) is 5.75 Å². The second-order valence-corrected chi connectivity index (χ2v) is 5.91. The minimum Gasteiger partial charge on any atom is -0.406 e. The first-order chi connectivity index (χ1) is 8.37. The fourth-order valence-electron chi connectivity index (χ4n) is 1.93.